The predicted octanol–water partition coefficient (Wildman–Crippen LogP) is 2.79. The summed E-state index contributed by atoms with van der Waals surface area (Å²) in [6.45, 7) is 7.97. The summed E-state index contributed by atoms with van der Waals surface area (Å²) in [4.78, 5) is 0. The Morgan fingerprint density at radius 1 is 1.36 bits per heavy atom. The summed E-state index contributed by atoms with van der Waals surface area (Å²) in [7, 11) is 0. The fourth-order valence-corrected chi connectivity index (χ4v) is 1.37. The summed E-state index contributed by atoms with van der Waals surface area (Å²) in [5.74, 6) is 0.683. The second-order valence-corrected chi connectivity index (χ2v) is 3.31. The topological polar surface area (TPSA) is 20.2 Å². The zero-order valence-electron chi connectivity index (χ0n) is 7.84. The van der Waals surface area contributed by atoms with E-state index in [-0.39, 0.29) is 6.10 Å². The Bertz CT molecular complexity index is 78.9. The first-order valence-corrected chi connectivity index (χ1v) is 4.71. The molecule has 0 aromatic rings. The lowest BCUT2D eigenvalue weighted by molar-refractivity contribution is 0.178. The molecule has 0 aliphatic heterocycles. The average molecular weight is 157 g/mol. The Kier molecular flexibility index (Phi) is 6.63. The van der Waals surface area contributed by atoms with Gasteiger partial charge in [0.1, 0.15) is 0 Å². The third-order valence-electron chi connectivity index (χ3n) is 2.15. The molecule has 0 aromatic heterocycles. The van der Waals surface area contributed by atoms with Gasteiger partial charge in [-0.15, -0.1) is 0 Å². The largest absolute Gasteiger partial charge is 0.393 e. The fourth-order valence-electron chi connectivity index (χ4n) is 1.37. The van der Waals surface area contributed by atoms with Crippen LogP contribution in [0, 0.1) is 12.8 Å². The van der Waals surface area contributed by atoms with Gasteiger partial charge in [0.05, 0.1) is 6.10 Å². The summed E-state index contributed by atoms with van der Waals surface area (Å²) in [6.07, 6.45) is 5.47. The van der Waals surface area contributed by atoms with Gasteiger partial charge in [-0.25, -0.2) is 0 Å². The summed E-state index contributed by atoms with van der Waals surface area (Å²) in [5, 5.41) is 9.04. The number of aliphatic hydroxyl groups is 1. The maximum absolute atomic E-state index is 9.04. The maximum Gasteiger partial charge on any atom is 0.0543 e. The van der Waals surface area contributed by atoms with Crippen LogP contribution in [0.4, 0.5) is 0 Å². The molecule has 0 aliphatic rings. The van der Waals surface area contributed by atoms with E-state index < -0.39 is 0 Å². The lowest BCUT2D eigenvalue weighted by Gasteiger charge is -2.15. The van der Waals surface area contributed by atoms with E-state index in [4.69, 9.17) is 5.11 Å². The van der Waals surface area contributed by atoms with E-state index >= 15 is 0 Å². The first-order chi connectivity index (χ1) is 5.20. The average Bonchev–Trinajstić information content (AvgIpc) is 1.97. The van der Waals surface area contributed by atoms with Crippen LogP contribution in [0.25, 0.3) is 0 Å². The van der Waals surface area contributed by atoms with Gasteiger partial charge >= 0.3 is 0 Å². The molecule has 0 saturated carbocycles. The highest BCUT2D eigenvalue weighted by Gasteiger charge is 2.08. The maximum atomic E-state index is 9.04. The lowest BCUT2D eigenvalue weighted by Crippen LogP contribution is -2.09. The monoisotopic (exact) mass is 157 g/mol. The van der Waals surface area contributed by atoms with E-state index in [1.54, 1.807) is 0 Å². The predicted molar refractivity (Wildman–Crippen MR) is 49.3 cm³/mol. The number of hydrogen-bond donors (Lipinski definition) is 1. The quantitative estimate of drug-likeness (QED) is 0.628. The van der Waals surface area contributed by atoms with Crippen LogP contribution in [0.15, 0.2) is 0 Å². The minimum absolute atomic E-state index is 0.364. The van der Waals surface area contributed by atoms with E-state index in [1.165, 1.54) is 25.7 Å². The SMILES string of the molecule is [CH2]C(O)CC(CC)CCCC. The fraction of sp³-hybridized carbons (Fsp3) is 0.900. The van der Waals surface area contributed by atoms with E-state index in [2.05, 4.69) is 20.8 Å². The van der Waals surface area contributed by atoms with E-state index in [9.17, 15) is 0 Å². The number of hydrogen-bond acceptors (Lipinski definition) is 1. The van der Waals surface area contributed by atoms with Crippen LogP contribution in [0.3, 0.4) is 0 Å². The zero-order chi connectivity index (χ0) is 8.69. The molecule has 11 heavy (non-hydrogen) atoms. The molecule has 1 N–H and O–H groups in total. The summed E-state index contributed by atoms with van der Waals surface area (Å²) in [6, 6.07) is 0. The minimum Gasteiger partial charge on any atom is -0.393 e. The van der Waals surface area contributed by atoms with Crippen molar-refractivity contribution >= 4 is 0 Å². The first kappa shape index (κ1) is 11.0. The van der Waals surface area contributed by atoms with Crippen molar-refractivity contribution in [2.75, 3.05) is 0 Å². The molecule has 0 bridgehead atoms. The highest BCUT2D eigenvalue weighted by molar-refractivity contribution is 4.65. The second kappa shape index (κ2) is 6.66. The zero-order valence-corrected chi connectivity index (χ0v) is 7.84. The Morgan fingerprint density at radius 2 is 2.00 bits per heavy atom. The van der Waals surface area contributed by atoms with Gasteiger partial charge in [-0.1, -0.05) is 39.5 Å². The van der Waals surface area contributed by atoms with Gasteiger partial charge in [0.25, 0.3) is 0 Å². The highest BCUT2D eigenvalue weighted by atomic mass is 16.3. The molecule has 2 unspecified atom stereocenters. The molecule has 0 fully saturated rings. The van der Waals surface area contributed by atoms with Gasteiger partial charge in [0.2, 0.25) is 0 Å². The molecule has 0 rings (SSSR count). The second-order valence-electron chi connectivity index (χ2n) is 3.31. The van der Waals surface area contributed by atoms with Crippen molar-refractivity contribution in [3.05, 3.63) is 6.92 Å². The Hall–Kier alpha value is -0.0400. The molecule has 67 valence electrons. The number of aliphatic hydroxyl groups excluding tert-OH is 1. The van der Waals surface area contributed by atoms with E-state index in [0.29, 0.717) is 5.92 Å². The van der Waals surface area contributed by atoms with Crippen LogP contribution >= 0.6 is 0 Å². The van der Waals surface area contributed by atoms with Crippen molar-refractivity contribution in [2.45, 2.75) is 52.1 Å². The van der Waals surface area contributed by atoms with Gasteiger partial charge in [0, 0.05) is 0 Å². The van der Waals surface area contributed by atoms with Crippen LogP contribution in [0.5, 0.6) is 0 Å². The normalized spacial score (nSPS) is 16.4. The van der Waals surface area contributed by atoms with Crippen molar-refractivity contribution in [3.63, 3.8) is 0 Å². The van der Waals surface area contributed by atoms with Gasteiger partial charge in [-0.05, 0) is 19.3 Å². The molecule has 0 amide bonds. The summed E-state index contributed by atoms with van der Waals surface area (Å²) in [5.41, 5.74) is 0. The lowest BCUT2D eigenvalue weighted by atomic mass is 9.94. The molecule has 0 aromatic carbocycles. The summed E-state index contributed by atoms with van der Waals surface area (Å²) < 4.78 is 0. The van der Waals surface area contributed by atoms with Crippen LogP contribution in [-0.4, -0.2) is 11.2 Å². The molecule has 0 heterocycles. The molecule has 1 heteroatoms. The van der Waals surface area contributed by atoms with Crippen molar-refractivity contribution in [1.29, 1.82) is 0 Å². The molecule has 0 saturated heterocycles. The molecule has 0 aliphatic carbocycles. The number of rotatable bonds is 6. The molecule has 1 radical (unpaired) electrons. The van der Waals surface area contributed by atoms with E-state index in [0.717, 1.165) is 6.42 Å². The molecule has 1 nitrogen and oxygen atoms in total. The third kappa shape index (κ3) is 6.36. The van der Waals surface area contributed by atoms with Crippen LogP contribution < -0.4 is 0 Å². The van der Waals surface area contributed by atoms with Gasteiger partial charge in [-0.2, -0.15) is 0 Å². The number of unbranched alkanes of at least 4 members (excludes halogenated alkanes) is 1. The van der Waals surface area contributed by atoms with Crippen LogP contribution in [0.2, 0.25) is 0 Å². The Morgan fingerprint density at radius 3 is 2.36 bits per heavy atom. The van der Waals surface area contributed by atoms with Gasteiger partial charge in [0.15, 0.2) is 0 Å². The van der Waals surface area contributed by atoms with Gasteiger partial charge in [-0.3, -0.25) is 0 Å². The standard InChI is InChI=1S/C10H21O/c1-4-6-7-10(5-2)8-9(3)11/h9-11H,3-8H2,1-2H3. The van der Waals surface area contributed by atoms with Crippen molar-refractivity contribution < 1.29 is 5.11 Å². The molecular formula is C10H21O. The minimum atomic E-state index is -0.364. The van der Waals surface area contributed by atoms with E-state index in [1.807, 2.05) is 0 Å². The Labute approximate surface area is 70.8 Å². The molecular weight excluding hydrogens is 136 g/mol. The van der Waals surface area contributed by atoms with Gasteiger partial charge < -0.3 is 5.11 Å². The van der Waals surface area contributed by atoms with Crippen molar-refractivity contribution in [2.24, 2.45) is 5.92 Å². The van der Waals surface area contributed by atoms with Crippen molar-refractivity contribution in [1.82, 2.24) is 0 Å². The highest BCUT2D eigenvalue weighted by Crippen LogP contribution is 2.17. The van der Waals surface area contributed by atoms with Crippen molar-refractivity contribution in [3.8, 4) is 0 Å². The summed E-state index contributed by atoms with van der Waals surface area (Å²) >= 11 is 0. The van der Waals surface area contributed by atoms with Crippen LogP contribution in [-0.2, 0) is 0 Å². The Balaban J connectivity index is 3.41. The van der Waals surface area contributed by atoms with Crippen LogP contribution in [0.1, 0.15) is 46.0 Å². The molecule has 0 spiro atoms. The third-order valence-corrected chi connectivity index (χ3v) is 2.15. The first-order valence-electron chi connectivity index (χ1n) is 4.71. The smallest absolute Gasteiger partial charge is 0.0543 e. The molecule has 2 atom stereocenters.